The van der Waals surface area contributed by atoms with Crippen molar-refractivity contribution in [2.45, 2.75) is 58.6 Å². The van der Waals surface area contributed by atoms with Crippen molar-refractivity contribution in [1.29, 1.82) is 0 Å². The molecular formula is C37H44Cl2N8O4. The van der Waals surface area contributed by atoms with Crippen molar-refractivity contribution in [2.24, 2.45) is 0 Å². The Morgan fingerprint density at radius 2 is 1.43 bits per heavy atom. The summed E-state index contributed by atoms with van der Waals surface area (Å²) in [7, 11) is 0. The molecule has 2 aliphatic heterocycles. The molecule has 3 atom stereocenters. The van der Waals surface area contributed by atoms with Gasteiger partial charge in [0.1, 0.15) is 31.3 Å². The van der Waals surface area contributed by atoms with E-state index in [1.54, 1.807) is 41.5 Å². The van der Waals surface area contributed by atoms with E-state index < -0.39 is 5.79 Å². The smallest absolute Gasteiger partial charge is 0.350 e. The van der Waals surface area contributed by atoms with Gasteiger partial charge in [-0.1, -0.05) is 44.0 Å². The number of aromatic nitrogens is 6. The van der Waals surface area contributed by atoms with Crippen LogP contribution in [-0.4, -0.2) is 74.8 Å². The standard InChI is InChI=1S/C35H38Cl2N8O4.C2H6/c1-3-25(2)45-34(46)43(24-40-45)31-6-4-29(5-7-31)41-14-16-42(17-15-41)30-8-10-32(11-9-30)47-21-33-22-48-35(49-33,23-44-38-12-13-39-44)26-18-27(36)20-28(37)19-26;1-2/h4-13,18-20,24-25,33H,3,14-17,21-23H2,1-2H3;1-2H3. The van der Waals surface area contributed by atoms with Gasteiger partial charge in [0.2, 0.25) is 5.79 Å². The Labute approximate surface area is 308 Å². The highest BCUT2D eigenvalue weighted by atomic mass is 35.5. The highest BCUT2D eigenvalue weighted by Crippen LogP contribution is 2.38. The zero-order chi connectivity index (χ0) is 36.0. The van der Waals surface area contributed by atoms with Gasteiger partial charge in [-0.25, -0.2) is 14.0 Å². The van der Waals surface area contributed by atoms with Gasteiger partial charge in [0.05, 0.1) is 30.7 Å². The molecule has 0 aliphatic carbocycles. The molecule has 270 valence electrons. The molecule has 0 amide bonds. The lowest BCUT2D eigenvalue weighted by Crippen LogP contribution is -2.46. The van der Waals surface area contributed by atoms with Gasteiger partial charge in [0.25, 0.3) is 0 Å². The Hall–Kier alpha value is -4.36. The molecule has 0 N–H and O–H groups in total. The largest absolute Gasteiger partial charge is 0.491 e. The molecule has 51 heavy (non-hydrogen) atoms. The van der Waals surface area contributed by atoms with Gasteiger partial charge in [-0.3, -0.25) is 0 Å². The highest BCUT2D eigenvalue weighted by molar-refractivity contribution is 6.34. The van der Waals surface area contributed by atoms with Gasteiger partial charge in [0, 0.05) is 53.2 Å². The van der Waals surface area contributed by atoms with E-state index >= 15 is 0 Å². The van der Waals surface area contributed by atoms with Crippen LogP contribution in [0.3, 0.4) is 0 Å². The molecule has 3 unspecified atom stereocenters. The Bertz CT molecular complexity index is 1890. The summed E-state index contributed by atoms with van der Waals surface area (Å²) in [5, 5.41) is 13.7. The molecule has 2 fully saturated rings. The van der Waals surface area contributed by atoms with Crippen molar-refractivity contribution >= 4 is 34.6 Å². The molecular weight excluding hydrogens is 691 g/mol. The first-order valence-electron chi connectivity index (χ1n) is 17.4. The Morgan fingerprint density at radius 3 is 2.02 bits per heavy atom. The second-order valence-corrected chi connectivity index (χ2v) is 13.2. The molecule has 0 saturated carbocycles. The fourth-order valence-electron chi connectivity index (χ4n) is 6.22. The predicted octanol–water partition coefficient (Wildman–Crippen LogP) is 6.60. The van der Waals surface area contributed by atoms with Crippen molar-refractivity contribution in [1.82, 2.24) is 29.3 Å². The maximum Gasteiger partial charge on any atom is 0.350 e. The van der Waals surface area contributed by atoms with Crippen LogP contribution >= 0.6 is 23.2 Å². The number of hydrogen-bond acceptors (Lipinski definition) is 9. The van der Waals surface area contributed by atoms with Crippen molar-refractivity contribution in [3.63, 3.8) is 0 Å². The van der Waals surface area contributed by atoms with Crippen LogP contribution in [0.25, 0.3) is 5.69 Å². The van der Waals surface area contributed by atoms with E-state index in [1.807, 2.05) is 52.0 Å². The first-order chi connectivity index (χ1) is 24.8. The monoisotopic (exact) mass is 734 g/mol. The maximum absolute atomic E-state index is 12.8. The summed E-state index contributed by atoms with van der Waals surface area (Å²) >= 11 is 12.6. The van der Waals surface area contributed by atoms with Gasteiger partial charge in [0.15, 0.2) is 0 Å². The molecule has 0 spiro atoms. The highest BCUT2D eigenvalue weighted by Gasteiger charge is 2.45. The summed E-state index contributed by atoms with van der Waals surface area (Å²) in [6.07, 6.45) is 5.32. The van der Waals surface area contributed by atoms with Crippen LogP contribution in [0.2, 0.25) is 10.0 Å². The molecule has 0 bridgehead atoms. The summed E-state index contributed by atoms with van der Waals surface area (Å²) in [5.41, 5.74) is 3.66. The number of halogens is 2. The lowest BCUT2D eigenvalue weighted by atomic mass is 10.1. The summed E-state index contributed by atoms with van der Waals surface area (Å²) < 4.78 is 22.0. The number of hydrogen-bond donors (Lipinski definition) is 0. The van der Waals surface area contributed by atoms with E-state index in [1.165, 1.54) is 9.48 Å². The van der Waals surface area contributed by atoms with Crippen LogP contribution in [0.15, 0.2) is 90.2 Å². The molecule has 3 aromatic carbocycles. The number of ether oxygens (including phenoxy) is 3. The van der Waals surface area contributed by atoms with Crippen molar-refractivity contribution in [3.05, 3.63) is 112 Å². The summed E-state index contributed by atoms with van der Waals surface area (Å²) in [6.45, 7) is 12.4. The average molecular weight is 736 g/mol. The molecule has 4 heterocycles. The van der Waals surface area contributed by atoms with Crippen LogP contribution < -0.4 is 20.2 Å². The number of nitrogens with zero attached hydrogens (tertiary/aromatic N) is 8. The van der Waals surface area contributed by atoms with Crippen LogP contribution in [0, 0.1) is 0 Å². The van der Waals surface area contributed by atoms with Gasteiger partial charge in [-0.15, -0.1) is 0 Å². The summed E-state index contributed by atoms with van der Waals surface area (Å²) in [5.74, 6) is -0.413. The van der Waals surface area contributed by atoms with E-state index in [-0.39, 0.29) is 24.4 Å². The fourth-order valence-corrected chi connectivity index (χ4v) is 6.74. The molecule has 2 aromatic heterocycles. The van der Waals surface area contributed by atoms with Crippen molar-refractivity contribution in [3.8, 4) is 11.4 Å². The number of benzene rings is 3. The van der Waals surface area contributed by atoms with E-state index in [0.717, 1.165) is 55.4 Å². The fraction of sp³-hybridized carbons (Fsp3) is 0.405. The van der Waals surface area contributed by atoms with Crippen LogP contribution in [-0.2, 0) is 21.8 Å². The minimum absolute atomic E-state index is 0.0644. The zero-order valence-corrected chi connectivity index (χ0v) is 30.9. The SMILES string of the molecule is CC.CCC(C)n1ncn(-c2ccc(N3CCN(c4ccc(OCC5COC(Cn6nccn6)(c6cc(Cl)cc(Cl)c6)O5)cc4)CC3)cc2)c1=O. The normalized spacial score (nSPS) is 19.5. The molecule has 2 saturated heterocycles. The first kappa shape index (κ1) is 36.4. The summed E-state index contributed by atoms with van der Waals surface area (Å²) in [6, 6.07) is 21.6. The Kier molecular flexibility index (Phi) is 11.7. The lowest BCUT2D eigenvalue weighted by molar-refractivity contribution is -0.192. The van der Waals surface area contributed by atoms with E-state index in [2.05, 4.69) is 49.4 Å². The minimum Gasteiger partial charge on any atom is -0.491 e. The van der Waals surface area contributed by atoms with Crippen LogP contribution in [0.5, 0.6) is 5.75 Å². The lowest BCUT2D eigenvalue weighted by Gasteiger charge is -2.37. The van der Waals surface area contributed by atoms with E-state index in [9.17, 15) is 4.79 Å². The van der Waals surface area contributed by atoms with Gasteiger partial charge >= 0.3 is 5.69 Å². The van der Waals surface area contributed by atoms with Crippen LogP contribution in [0.1, 0.15) is 45.7 Å². The van der Waals surface area contributed by atoms with E-state index in [4.69, 9.17) is 37.4 Å². The maximum atomic E-state index is 12.8. The topological polar surface area (TPSA) is 105 Å². The first-order valence-corrected chi connectivity index (χ1v) is 18.2. The number of piperazine rings is 1. The third kappa shape index (κ3) is 8.25. The van der Waals surface area contributed by atoms with Gasteiger partial charge in [-0.2, -0.15) is 20.1 Å². The second-order valence-electron chi connectivity index (χ2n) is 12.3. The minimum atomic E-state index is -1.16. The molecule has 5 aromatic rings. The van der Waals surface area contributed by atoms with Crippen LogP contribution in [0.4, 0.5) is 11.4 Å². The molecule has 0 radical (unpaired) electrons. The van der Waals surface area contributed by atoms with Gasteiger partial charge < -0.3 is 24.0 Å². The molecule has 14 heteroatoms. The number of rotatable bonds is 11. The third-order valence-corrected chi connectivity index (χ3v) is 9.53. The zero-order valence-electron chi connectivity index (χ0n) is 29.4. The predicted molar refractivity (Wildman–Crippen MR) is 200 cm³/mol. The molecule has 2 aliphatic rings. The van der Waals surface area contributed by atoms with E-state index in [0.29, 0.717) is 28.8 Å². The van der Waals surface area contributed by atoms with Crippen molar-refractivity contribution in [2.75, 3.05) is 49.2 Å². The third-order valence-electron chi connectivity index (χ3n) is 9.09. The number of anilines is 2. The second kappa shape index (κ2) is 16.3. The van der Waals surface area contributed by atoms with Gasteiger partial charge in [-0.05, 0) is 80.1 Å². The van der Waals surface area contributed by atoms with Crippen molar-refractivity contribution < 1.29 is 14.2 Å². The Balaban J connectivity index is 0.00000220. The molecule has 7 rings (SSSR count). The molecule has 12 nitrogen and oxygen atoms in total. The summed E-state index contributed by atoms with van der Waals surface area (Å²) in [4.78, 5) is 19.1. The Morgan fingerprint density at radius 1 is 0.863 bits per heavy atom. The quantitative estimate of drug-likeness (QED) is 0.148. The average Bonchev–Trinajstić information content (AvgIpc) is 3.92.